The first-order chi connectivity index (χ1) is 12.5. The molecule has 0 heterocycles. The fourth-order valence-corrected chi connectivity index (χ4v) is 2.61. The predicted molar refractivity (Wildman–Crippen MR) is 104 cm³/mol. The molecule has 26 heavy (non-hydrogen) atoms. The molecule has 0 aliphatic heterocycles. The Balaban J connectivity index is 1.99. The van der Waals surface area contributed by atoms with Crippen molar-refractivity contribution >= 4 is 33.7 Å². The summed E-state index contributed by atoms with van der Waals surface area (Å²) < 4.78 is 10.8. The molecule has 0 saturated carbocycles. The van der Waals surface area contributed by atoms with Gasteiger partial charge in [0.15, 0.2) is 11.5 Å². The van der Waals surface area contributed by atoms with E-state index in [2.05, 4.69) is 31.8 Å². The van der Waals surface area contributed by atoms with Gasteiger partial charge in [-0.2, -0.15) is 5.10 Å². The lowest BCUT2D eigenvalue weighted by molar-refractivity contribution is -0.121. The molecule has 0 unspecified atom stereocenters. The van der Waals surface area contributed by atoms with Crippen molar-refractivity contribution in [2.75, 3.05) is 19.5 Å². The zero-order chi connectivity index (χ0) is 19.1. The van der Waals surface area contributed by atoms with E-state index in [0.29, 0.717) is 27.2 Å². The van der Waals surface area contributed by atoms with Gasteiger partial charge in [0.1, 0.15) is 11.8 Å². The number of benzene rings is 2. The van der Waals surface area contributed by atoms with E-state index < -0.39 is 6.04 Å². The number of nitrogens with one attached hydrogen (secondary N) is 2. The van der Waals surface area contributed by atoms with Gasteiger partial charge in [-0.3, -0.25) is 4.79 Å². The molecule has 0 bridgehead atoms. The summed E-state index contributed by atoms with van der Waals surface area (Å²) in [6, 6.07) is 10.1. The number of amides is 1. The first-order valence-electron chi connectivity index (χ1n) is 7.75. The summed E-state index contributed by atoms with van der Waals surface area (Å²) in [7, 11) is 3.02. The number of halogens is 1. The molecule has 0 fully saturated rings. The van der Waals surface area contributed by atoms with Crippen molar-refractivity contribution in [2.45, 2.75) is 13.0 Å². The number of carbonyl (C=O) groups excluding carboxylic acids is 1. The summed E-state index contributed by atoms with van der Waals surface area (Å²) >= 11 is 3.23. The molecule has 2 aromatic carbocycles. The Labute approximate surface area is 160 Å². The Bertz CT molecular complexity index is 811. The van der Waals surface area contributed by atoms with Gasteiger partial charge >= 0.3 is 0 Å². The number of hydrogen-bond acceptors (Lipinski definition) is 6. The highest BCUT2D eigenvalue weighted by atomic mass is 79.9. The number of hydrogen-bond donors (Lipinski definition) is 3. The number of anilines is 1. The number of methoxy groups -OCH3 is 2. The van der Waals surface area contributed by atoms with E-state index in [0.717, 1.165) is 0 Å². The minimum atomic E-state index is -0.524. The van der Waals surface area contributed by atoms with Crippen molar-refractivity contribution < 1.29 is 19.4 Å². The summed E-state index contributed by atoms with van der Waals surface area (Å²) in [5.74, 6) is 0.648. The van der Waals surface area contributed by atoms with Gasteiger partial charge in [0, 0.05) is 0 Å². The number of nitrogens with zero attached hydrogens (tertiary/aromatic N) is 1. The Morgan fingerprint density at radius 2 is 1.92 bits per heavy atom. The van der Waals surface area contributed by atoms with E-state index in [-0.39, 0.29) is 11.7 Å². The zero-order valence-electron chi connectivity index (χ0n) is 14.6. The maximum atomic E-state index is 12.2. The number of para-hydroxylation sites is 2. The monoisotopic (exact) mass is 421 g/mol. The Morgan fingerprint density at radius 1 is 1.23 bits per heavy atom. The molecule has 3 N–H and O–H groups in total. The van der Waals surface area contributed by atoms with Gasteiger partial charge < -0.3 is 19.9 Å². The Kier molecular flexibility index (Phi) is 6.85. The maximum Gasteiger partial charge on any atom is 0.262 e. The number of phenols is 1. The van der Waals surface area contributed by atoms with E-state index in [1.165, 1.54) is 13.3 Å². The standard InChI is InChI=1S/C18H20BrN3O4/c1-11(21-14-6-4-5-7-15(14)25-2)18(24)22-20-10-12-8-13(19)17(23)16(9-12)26-3/h4-11,21,23H,1-3H3,(H,22,24)/b20-10-/t11-/m1/s1. The molecule has 0 aromatic heterocycles. The number of ether oxygens (including phenoxy) is 2. The third-order valence-corrected chi connectivity index (χ3v) is 4.14. The molecular formula is C18H20BrN3O4. The molecule has 0 aliphatic rings. The number of carbonyl (C=O) groups is 1. The molecule has 0 aliphatic carbocycles. The average molecular weight is 422 g/mol. The number of hydrazone groups is 1. The summed E-state index contributed by atoms with van der Waals surface area (Å²) in [4.78, 5) is 12.2. The van der Waals surface area contributed by atoms with Gasteiger partial charge in [0.25, 0.3) is 5.91 Å². The van der Waals surface area contributed by atoms with E-state index in [4.69, 9.17) is 9.47 Å². The van der Waals surface area contributed by atoms with Crippen LogP contribution in [-0.2, 0) is 4.79 Å². The number of phenolic OH excluding ortho intramolecular Hbond substituents is 1. The van der Waals surface area contributed by atoms with Crippen molar-refractivity contribution in [3.8, 4) is 17.2 Å². The van der Waals surface area contributed by atoms with E-state index >= 15 is 0 Å². The van der Waals surface area contributed by atoms with Gasteiger partial charge in [-0.05, 0) is 52.7 Å². The molecule has 138 valence electrons. The van der Waals surface area contributed by atoms with Crippen LogP contribution in [0.3, 0.4) is 0 Å². The van der Waals surface area contributed by atoms with Gasteiger partial charge in [-0.15, -0.1) is 0 Å². The van der Waals surface area contributed by atoms with Crippen LogP contribution >= 0.6 is 15.9 Å². The van der Waals surface area contributed by atoms with Crippen LogP contribution in [0.5, 0.6) is 17.2 Å². The van der Waals surface area contributed by atoms with Gasteiger partial charge in [-0.25, -0.2) is 5.43 Å². The normalized spacial score (nSPS) is 11.8. The van der Waals surface area contributed by atoms with Crippen LogP contribution in [0.25, 0.3) is 0 Å². The summed E-state index contributed by atoms with van der Waals surface area (Å²) in [6.07, 6.45) is 1.46. The van der Waals surface area contributed by atoms with Crippen LogP contribution in [0, 0.1) is 0 Å². The largest absolute Gasteiger partial charge is 0.503 e. The predicted octanol–water partition coefficient (Wildman–Crippen LogP) is 3.12. The number of rotatable bonds is 7. The van der Waals surface area contributed by atoms with Gasteiger partial charge in [0.05, 0.1) is 30.6 Å². The molecule has 0 saturated heterocycles. The highest BCUT2D eigenvalue weighted by Crippen LogP contribution is 2.34. The van der Waals surface area contributed by atoms with E-state index in [1.807, 2.05) is 18.2 Å². The highest BCUT2D eigenvalue weighted by molar-refractivity contribution is 9.10. The summed E-state index contributed by atoms with van der Waals surface area (Å²) in [5.41, 5.74) is 3.84. The lowest BCUT2D eigenvalue weighted by Gasteiger charge is -2.15. The van der Waals surface area contributed by atoms with Crippen LogP contribution in [-0.4, -0.2) is 37.5 Å². The van der Waals surface area contributed by atoms with Crippen LogP contribution in [0.2, 0.25) is 0 Å². The minimum absolute atomic E-state index is 0.00307. The highest BCUT2D eigenvalue weighted by Gasteiger charge is 2.14. The van der Waals surface area contributed by atoms with Gasteiger partial charge in [-0.1, -0.05) is 12.1 Å². The summed E-state index contributed by atoms with van der Waals surface area (Å²) in [6.45, 7) is 1.72. The first kappa shape index (κ1) is 19.6. The van der Waals surface area contributed by atoms with Crippen LogP contribution < -0.4 is 20.2 Å². The van der Waals surface area contributed by atoms with Crippen molar-refractivity contribution in [3.05, 3.63) is 46.4 Å². The van der Waals surface area contributed by atoms with Crippen molar-refractivity contribution in [1.82, 2.24) is 5.43 Å². The lowest BCUT2D eigenvalue weighted by Crippen LogP contribution is -2.35. The molecule has 1 amide bonds. The lowest BCUT2D eigenvalue weighted by atomic mass is 10.2. The van der Waals surface area contributed by atoms with Crippen molar-refractivity contribution in [3.63, 3.8) is 0 Å². The van der Waals surface area contributed by atoms with E-state index in [9.17, 15) is 9.90 Å². The second-order valence-electron chi connectivity index (χ2n) is 5.35. The quantitative estimate of drug-likeness (QED) is 0.471. The Hall–Kier alpha value is -2.74. The molecule has 1 atom stereocenters. The van der Waals surface area contributed by atoms with Crippen LogP contribution in [0.1, 0.15) is 12.5 Å². The summed E-state index contributed by atoms with van der Waals surface area (Å²) in [5, 5.41) is 16.8. The first-order valence-corrected chi connectivity index (χ1v) is 8.54. The smallest absolute Gasteiger partial charge is 0.262 e. The fraction of sp³-hybridized carbons (Fsp3) is 0.222. The third kappa shape index (κ3) is 4.89. The van der Waals surface area contributed by atoms with Gasteiger partial charge in [0.2, 0.25) is 0 Å². The second-order valence-corrected chi connectivity index (χ2v) is 6.21. The topological polar surface area (TPSA) is 92.2 Å². The van der Waals surface area contributed by atoms with Crippen molar-refractivity contribution in [1.29, 1.82) is 0 Å². The SMILES string of the molecule is COc1ccccc1N[C@H](C)C(=O)N/N=C\c1cc(Br)c(O)c(OC)c1. The van der Waals surface area contributed by atoms with E-state index in [1.54, 1.807) is 32.2 Å². The molecular weight excluding hydrogens is 402 g/mol. The Morgan fingerprint density at radius 3 is 2.62 bits per heavy atom. The van der Waals surface area contributed by atoms with Crippen LogP contribution in [0.15, 0.2) is 46.0 Å². The van der Waals surface area contributed by atoms with Crippen LogP contribution in [0.4, 0.5) is 5.69 Å². The fourth-order valence-electron chi connectivity index (χ4n) is 2.15. The minimum Gasteiger partial charge on any atom is -0.503 e. The average Bonchev–Trinajstić information content (AvgIpc) is 2.64. The molecule has 2 rings (SSSR count). The zero-order valence-corrected chi connectivity index (χ0v) is 16.2. The molecule has 0 radical (unpaired) electrons. The molecule has 8 heteroatoms. The second kappa shape index (κ2) is 9.10. The molecule has 7 nitrogen and oxygen atoms in total. The third-order valence-electron chi connectivity index (χ3n) is 3.53. The maximum absolute atomic E-state index is 12.2. The molecule has 0 spiro atoms. The molecule has 2 aromatic rings. The van der Waals surface area contributed by atoms with Crippen molar-refractivity contribution in [2.24, 2.45) is 5.10 Å². The number of aromatic hydroxyl groups is 1.